The molecule has 29 heavy (non-hydrogen) atoms. The van der Waals surface area contributed by atoms with E-state index in [2.05, 4.69) is 0 Å². The van der Waals surface area contributed by atoms with Crippen LogP contribution in [0.5, 0.6) is 11.5 Å². The minimum atomic E-state index is -3.11. The van der Waals surface area contributed by atoms with Crippen LogP contribution < -0.4 is 9.47 Å². The van der Waals surface area contributed by atoms with Gasteiger partial charge in [-0.05, 0) is 24.5 Å². The van der Waals surface area contributed by atoms with Crippen LogP contribution in [0.3, 0.4) is 0 Å². The van der Waals surface area contributed by atoms with E-state index in [1.807, 2.05) is 19.9 Å². The molecule has 0 spiro atoms. The molecule has 0 aliphatic carbocycles. The number of carbonyl (C=O) groups is 2. The van der Waals surface area contributed by atoms with Crippen molar-refractivity contribution < 1.29 is 32.2 Å². The van der Waals surface area contributed by atoms with Crippen LogP contribution in [0.4, 0.5) is 0 Å². The van der Waals surface area contributed by atoms with E-state index in [-0.39, 0.29) is 42.4 Å². The summed E-state index contributed by atoms with van der Waals surface area (Å²) in [5.41, 5.74) is 0. The van der Waals surface area contributed by atoms with Crippen molar-refractivity contribution in [3.8, 4) is 11.5 Å². The maximum atomic E-state index is 12.6. The van der Waals surface area contributed by atoms with E-state index in [1.165, 1.54) is 12.0 Å². The van der Waals surface area contributed by atoms with Gasteiger partial charge in [0.1, 0.15) is 0 Å². The molecule has 1 heterocycles. The molecule has 0 saturated carbocycles. The zero-order chi connectivity index (χ0) is 21.4. The number of nitrogens with zero attached hydrogens (tertiary/aromatic N) is 1. The van der Waals surface area contributed by atoms with E-state index in [4.69, 9.17) is 14.2 Å². The minimum Gasteiger partial charge on any atom is -0.493 e. The van der Waals surface area contributed by atoms with Gasteiger partial charge in [0, 0.05) is 12.6 Å². The number of hydrogen-bond acceptors (Lipinski definition) is 7. The average molecular weight is 428 g/mol. The van der Waals surface area contributed by atoms with Crippen molar-refractivity contribution in [2.45, 2.75) is 32.7 Å². The van der Waals surface area contributed by atoms with Crippen molar-refractivity contribution in [2.75, 3.05) is 38.4 Å². The lowest BCUT2D eigenvalue weighted by Gasteiger charge is -2.29. The molecule has 2 rings (SSSR count). The highest BCUT2D eigenvalue weighted by molar-refractivity contribution is 7.91. The highest BCUT2D eigenvalue weighted by atomic mass is 32.2. The number of rotatable bonds is 10. The first kappa shape index (κ1) is 23.0. The molecule has 1 unspecified atom stereocenters. The van der Waals surface area contributed by atoms with Gasteiger partial charge in [-0.15, -0.1) is 0 Å². The maximum Gasteiger partial charge on any atom is 0.309 e. The fraction of sp³-hybridized carbons (Fsp3) is 0.600. The van der Waals surface area contributed by atoms with Gasteiger partial charge >= 0.3 is 5.97 Å². The normalized spacial score (nSPS) is 17.7. The number of esters is 1. The Hall–Kier alpha value is -2.29. The second-order valence-electron chi connectivity index (χ2n) is 7.41. The van der Waals surface area contributed by atoms with Crippen molar-refractivity contribution >= 4 is 21.7 Å². The second kappa shape index (κ2) is 10.5. The first-order chi connectivity index (χ1) is 13.7. The summed E-state index contributed by atoms with van der Waals surface area (Å²) in [7, 11) is -1.59. The van der Waals surface area contributed by atoms with E-state index in [0.717, 1.165) is 0 Å². The van der Waals surface area contributed by atoms with Crippen molar-refractivity contribution in [2.24, 2.45) is 5.92 Å². The summed E-state index contributed by atoms with van der Waals surface area (Å²) >= 11 is 0. The lowest BCUT2D eigenvalue weighted by Crippen LogP contribution is -2.45. The van der Waals surface area contributed by atoms with E-state index >= 15 is 0 Å². The Kier molecular flexibility index (Phi) is 8.31. The summed E-state index contributed by atoms with van der Waals surface area (Å²) in [4.78, 5) is 26.1. The number of sulfone groups is 1. The van der Waals surface area contributed by atoms with Crippen LogP contribution in [0.1, 0.15) is 26.7 Å². The molecule has 0 N–H and O–H groups in total. The largest absolute Gasteiger partial charge is 0.493 e. The van der Waals surface area contributed by atoms with Crippen LogP contribution in [-0.4, -0.2) is 69.6 Å². The predicted octanol–water partition coefficient (Wildman–Crippen LogP) is 1.68. The summed E-state index contributed by atoms with van der Waals surface area (Å²) in [6.45, 7) is 4.00. The van der Waals surface area contributed by atoms with Gasteiger partial charge in [0.2, 0.25) is 0 Å². The number of methoxy groups -OCH3 is 1. The number of para-hydroxylation sites is 2. The third-order valence-corrected chi connectivity index (χ3v) is 6.27. The molecular formula is C20H29NO7S. The lowest BCUT2D eigenvalue weighted by atomic mass is 10.1. The Morgan fingerprint density at radius 2 is 1.90 bits per heavy atom. The van der Waals surface area contributed by atoms with E-state index in [1.54, 1.807) is 18.2 Å². The Morgan fingerprint density at radius 3 is 2.48 bits per heavy atom. The SMILES string of the molecule is COc1ccccc1OCCC(=O)OCC(=O)N(CC(C)C)C1CCS(=O)(=O)C1. The molecule has 1 aromatic carbocycles. The fourth-order valence-corrected chi connectivity index (χ4v) is 4.88. The van der Waals surface area contributed by atoms with Crippen LogP contribution in [0.25, 0.3) is 0 Å². The summed E-state index contributed by atoms with van der Waals surface area (Å²) in [6.07, 6.45) is 0.398. The Morgan fingerprint density at radius 1 is 1.21 bits per heavy atom. The highest BCUT2D eigenvalue weighted by Gasteiger charge is 2.35. The number of ether oxygens (including phenoxy) is 3. The molecule has 1 fully saturated rings. The maximum absolute atomic E-state index is 12.6. The fourth-order valence-electron chi connectivity index (χ4n) is 3.15. The molecule has 1 aliphatic heterocycles. The first-order valence-electron chi connectivity index (χ1n) is 9.63. The smallest absolute Gasteiger partial charge is 0.309 e. The molecule has 1 aliphatic rings. The molecule has 8 nitrogen and oxygen atoms in total. The summed E-state index contributed by atoms with van der Waals surface area (Å²) in [6, 6.07) is 6.72. The quantitative estimate of drug-likeness (QED) is 0.524. The molecule has 9 heteroatoms. The molecule has 0 bridgehead atoms. The number of hydrogen-bond donors (Lipinski definition) is 0. The minimum absolute atomic E-state index is 0.0205. The third-order valence-electron chi connectivity index (χ3n) is 4.52. The van der Waals surface area contributed by atoms with Crippen molar-refractivity contribution in [1.29, 1.82) is 0 Å². The monoisotopic (exact) mass is 427 g/mol. The van der Waals surface area contributed by atoms with Crippen LogP contribution >= 0.6 is 0 Å². The first-order valence-corrected chi connectivity index (χ1v) is 11.5. The highest BCUT2D eigenvalue weighted by Crippen LogP contribution is 2.25. The topological polar surface area (TPSA) is 99.2 Å². The lowest BCUT2D eigenvalue weighted by molar-refractivity contribution is -0.153. The molecule has 1 saturated heterocycles. The second-order valence-corrected chi connectivity index (χ2v) is 9.64. The van der Waals surface area contributed by atoms with E-state index in [9.17, 15) is 18.0 Å². The summed E-state index contributed by atoms with van der Waals surface area (Å²) in [5.74, 6) is 0.367. The summed E-state index contributed by atoms with van der Waals surface area (Å²) < 4.78 is 39.3. The van der Waals surface area contributed by atoms with Crippen molar-refractivity contribution in [3.63, 3.8) is 0 Å². The average Bonchev–Trinajstić information content (AvgIpc) is 3.04. The predicted molar refractivity (Wildman–Crippen MR) is 108 cm³/mol. The Balaban J connectivity index is 1.81. The molecule has 0 aromatic heterocycles. The molecule has 0 radical (unpaired) electrons. The van der Waals surface area contributed by atoms with Gasteiger partial charge in [-0.3, -0.25) is 9.59 Å². The van der Waals surface area contributed by atoms with E-state index in [0.29, 0.717) is 24.5 Å². The molecule has 1 amide bonds. The standard InChI is InChI=1S/C20H29NO7S/c1-15(2)12-21(16-9-11-29(24,25)14-16)19(22)13-28-20(23)8-10-27-18-7-5-4-6-17(18)26-3/h4-7,15-16H,8-14H2,1-3H3. The third kappa shape index (κ3) is 7.23. The van der Waals surface area contributed by atoms with Gasteiger partial charge < -0.3 is 19.1 Å². The molecule has 1 atom stereocenters. The Labute approximate surface area is 172 Å². The van der Waals surface area contributed by atoms with Gasteiger partial charge in [-0.2, -0.15) is 0 Å². The summed E-state index contributed by atoms with van der Waals surface area (Å²) in [5, 5.41) is 0. The van der Waals surface area contributed by atoms with Crippen LogP contribution in [0, 0.1) is 5.92 Å². The van der Waals surface area contributed by atoms with Gasteiger partial charge in [0.15, 0.2) is 27.9 Å². The van der Waals surface area contributed by atoms with Crippen LogP contribution in [-0.2, 0) is 24.2 Å². The van der Waals surface area contributed by atoms with Gasteiger partial charge in [-0.25, -0.2) is 8.42 Å². The van der Waals surface area contributed by atoms with Gasteiger partial charge in [0.05, 0.1) is 31.6 Å². The molecule has 1 aromatic rings. The van der Waals surface area contributed by atoms with Gasteiger partial charge in [0.25, 0.3) is 5.91 Å². The van der Waals surface area contributed by atoms with Crippen LogP contribution in [0.15, 0.2) is 24.3 Å². The van der Waals surface area contributed by atoms with Crippen molar-refractivity contribution in [3.05, 3.63) is 24.3 Å². The zero-order valence-electron chi connectivity index (χ0n) is 17.1. The zero-order valence-corrected chi connectivity index (χ0v) is 17.9. The number of benzene rings is 1. The van der Waals surface area contributed by atoms with Crippen LogP contribution in [0.2, 0.25) is 0 Å². The molecule has 162 valence electrons. The van der Waals surface area contributed by atoms with Crippen molar-refractivity contribution in [1.82, 2.24) is 4.90 Å². The van der Waals surface area contributed by atoms with E-state index < -0.39 is 22.4 Å². The Bertz CT molecular complexity index is 807. The molecular weight excluding hydrogens is 398 g/mol. The number of carbonyl (C=O) groups excluding carboxylic acids is 2. The van der Waals surface area contributed by atoms with Gasteiger partial charge in [-0.1, -0.05) is 26.0 Å². The number of amides is 1.